The predicted octanol–water partition coefficient (Wildman–Crippen LogP) is 4.04. The standard InChI is InChI=1S/C19H22Cl2N2O3S/c1-19(2,3)23-27(25,26)17-12-14(7-8-16(17)21)18(24)22-10-9-13-5-4-6-15(20)11-13/h4-8,11-12,23H,9-10H2,1-3H3,(H,22,24). The summed E-state index contributed by atoms with van der Waals surface area (Å²) >= 11 is 12.0. The van der Waals surface area contributed by atoms with Crippen LogP contribution in [0.15, 0.2) is 47.4 Å². The molecule has 1 amide bonds. The van der Waals surface area contributed by atoms with E-state index in [4.69, 9.17) is 23.2 Å². The molecule has 0 spiro atoms. The van der Waals surface area contributed by atoms with E-state index in [2.05, 4.69) is 10.0 Å². The summed E-state index contributed by atoms with van der Waals surface area (Å²) in [6.07, 6.45) is 0.608. The van der Waals surface area contributed by atoms with Crippen LogP contribution in [0.2, 0.25) is 10.0 Å². The van der Waals surface area contributed by atoms with Gasteiger partial charge in [-0.05, 0) is 63.1 Å². The third kappa shape index (κ3) is 6.50. The second-order valence-electron chi connectivity index (χ2n) is 7.14. The van der Waals surface area contributed by atoms with Gasteiger partial charge in [0, 0.05) is 22.7 Å². The van der Waals surface area contributed by atoms with Crippen LogP contribution in [-0.2, 0) is 16.4 Å². The van der Waals surface area contributed by atoms with Crippen LogP contribution in [-0.4, -0.2) is 26.4 Å². The van der Waals surface area contributed by atoms with E-state index in [9.17, 15) is 13.2 Å². The van der Waals surface area contributed by atoms with Crippen molar-refractivity contribution in [3.8, 4) is 0 Å². The number of carbonyl (C=O) groups excluding carboxylic acids is 1. The molecule has 0 aliphatic carbocycles. The number of nitrogens with one attached hydrogen (secondary N) is 2. The first-order chi connectivity index (χ1) is 12.5. The first kappa shape index (κ1) is 21.7. The second kappa shape index (κ2) is 8.61. The molecule has 0 heterocycles. The maximum atomic E-state index is 12.5. The minimum absolute atomic E-state index is 0.0576. The largest absolute Gasteiger partial charge is 0.352 e. The number of hydrogen-bond acceptors (Lipinski definition) is 3. The van der Waals surface area contributed by atoms with Crippen LogP contribution in [0.3, 0.4) is 0 Å². The van der Waals surface area contributed by atoms with E-state index < -0.39 is 15.6 Å². The van der Waals surface area contributed by atoms with E-state index >= 15 is 0 Å². The number of hydrogen-bond donors (Lipinski definition) is 2. The highest BCUT2D eigenvalue weighted by Crippen LogP contribution is 2.24. The van der Waals surface area contributed by atoms with Crippen LogP contribution >= 0.6 is 23.2 Å². The number of amides is 1. The van der Waals surface area contributed by atoms with E-state index in [1.165, 1.54) is 18.2 Å². The summed E-state index contributed by atoms with van der Waals surface area (Å²) in [4.78, 5) is 12.3. The average molecular weight is 429 g/mol. The van der Waals surface area contributed by atoms with Crippen LogP contribution in [0.5, 0.6) is 0 Å². The lowest BCUT2D eigenvalue weighted by molar-refractivity contribution is 0.0954. The van der Waals surface area contributed by atoms with Crippen LogP contribution in [0.25, 0.3) is 0 Å². The van der Waals surface area contributed by atoms with Crippen molar-refractivity contribution < 1.29 is 13.2 Å². The van der Waals surface area contributed by atoms with E-state index in [-0.39, 0.29) is 21.4 Å². The Morgan fingerprint density at radius 3 is 2.41 bits per heavy atom. The molecule has 0 aliphatic rings. The van der Waals surface area contributed by atoms with Crippen molar-refractivity contribution in [1.82, 2.24) is 10.0 Å². The van der Waals surface area contributed by atoms with Crippen molar-refractivity contribution in [2.24, 2.45) is 0 Å². The predicted molar refractivity (Wildman–Crippen MR) is 109 cm³/mol. The molecule has 2 N–H and O–H groups in total. The van der Waals surface area contributed by atoms with Crippen molar-refractivity contribution in [2.45, 2.75) is 37.6 Å². The van der Waals surface area contributed by atoms with Gasteiger partial charge in [0.1, 0.15) is 4.90 Å². The molecular weight excluding hydrogens is 407 g/mol. The molecule has 5 nitrogen and oxygen atoms in total. The van der Waals surface area contributed by atoms with E-state index in [1.807, 2.05) is 18.2 Å². The third-order valence-corrected chi connectivity index (χ3v) is 5.99. The first-order valence-corrected chi connectivity index (χ1v) is 10.6. The number of sulfonamides is 1. The van der Waals surface area contributed by atoms with Crippen molar-refractivity contribution in [1.29, 1.82) is 0 Å². The van der Waals surface area contributed by atoms with E-state index in [0.717, 1.165) is 5.56 Å². The van der Waals surface area contributed by atoms with Crippen LogP contribution in [0, 0.1) is 0 Å². The second-order valence-corrected chi connectivity index (χ2v) is 9.63. The SMILES string of the molecule is CC(C)(C)NS(=O)(=O)c1cc(C(=O)NCCc2cccc(Cl)c2)ccc1Cl. The number of rotatable bonds is 6. The Hall–Kier alpha value is -1.60. The van der Waals surface area contributed by atoms with Gasteiger partial charge in [-0.15, -0.1) is 0 Å². The first-order valence-electron chi connectivity index (χ1n) is 8.34. The molecule has 2 aromatic carbocycles. The lowest BCUT2D eigenvalue weighted by atomic mass is 10.1. The number of halogens is 2. The Morgan fingerprint density at radius 1 is 1.07 bits per heavy atom. The maximum absolute atomic E-state index is 12.5. The topological polar surface area (TPSA) is 75.3 Å². The minimum Gasteiger partial charge on any atom is -0.352 e. The summed E-state index contributed by atoms with van der Waals surface area (Å²) in [6.45, 7) is 5.57. The summed E-state index contributed by atoms with van der Waals surface area (Å²) in [5.74, 6) is -0.374. The molecule has 0 aromatic heterocycles. The number of benzene rings is 2. The smallest absolute Gasteiger partial charge is 0.251 e. The fourth-order valence-electron chi connectivity index (χ4n) is 2.42. The molecule has 0 unspecified atom stereocenters. The quantitative estimate of drug-likeness (QED) is 0.728. The highest BCUT2D eigenvalue weighted by Gasteiger charge is 2.25. The lowest BCUT2D eigenvalue weighted by Crippen LogP contribution is -2.40. The zero-order valence-electron chi connectivity index (χ0n) is 15.3. The highest BCUT2D eigenvalue weighted by molar-refractivity contribution is 7.89. The summed E-state index contributed by atoms with van der Waals surface area (Å²) in [5.41, 5.74) is 0.550. The van der Waals surface area contributed by atoms with Gasteiger partial charge in [0.25, 0.3) is 5.91 Å². The summed E-state index contributed by atoms with van der Waals surface area (Å²) in [7, 11) is -3.85. The van der Waals surface area contributed by atoms with Crippen LogP contribution < -0.4 is 10.0 Å². The fourth-order valence-corrected chi connectivity index (χ4v) is 4.58. The Labute approximate surface area is 170 Å². The Kier molecular flexibility index (Phi) is 6.92. The molecule has 0 bridgehead atoms. The number of carbonyl (C=O) groups is 1. The highest BCUT2D eigenvalue weighted by atomic mass is 35.5. The molecule has 8 heteroatoms. The average Bonchev–Trinajstić information content (AvgIpc) is 2.52. The van der Waals surface area contributed by atoms with Gasteiger partial charge in [-0.3, -0.25) is 4.79 Å². The maximum Gasteiger partial charge on any atom is 0.251 e. The van der Waals surface area contributed by atoms with Crippen molar-refractivity contribution in [2.75, 3.05) is 6.54 Å². The monoisotopic (exact) mass is 428 g/mol. The van der Waals surface area contributed by atoms with E-state index in [1.54, 1.807) is 26.8 Å². The lowest BCUT2D eigenvalue weighted by Gasteiger charge is -2.21. The molecule has 0 saturated heterocycles. The Morgan fingerprint density at radius 2 is 1.78 bits per heavy atom. The molecule has 0 fully saturated rings. The van der Waals surface area contributed by atoms with Crippen molar-refractivity contribution >= 4 is 39.1 Å². The molecule has 146 valence electrons. The Bertz CT molecular complexity index is 938. The van der Waals surface area contributed by atoms with Gasteiger partial charge in [0.15, 0.2) is 0 Å². The van der Waals surface area contributed by atoms with Gasteiger partial charge in [-0.2, -0.15) is 0 Å². The van der Waals surface area contributed by atoms with Crippen LogP contribution in [0.4, 0.5) is 0 Å². The van der Waals surface area contributed by atoms with Crippen molar-refractivity contribution in [3.05, 3.63) is 63.6 Å². The molecule has 2 rings (SSSR count). The van der Waals surface area contributed by atoms with Gasteiger partial charge in [0.2, 0.25) is 10.0 Å². The molecule has 0 aliphatic heterocycles. The third-order valence-electron chi connectivity index (χ3n) is 3.51. The fraction of sp³-hybridized carbons (Fsp3) is 0.316. The van der Waals surface area contributed by atoms with Gasteiger partial charge >= 0.3 is 0 Å². The van der Waals surface area contributed by atoms with Crippen molar-refractivity contribution in [3.63, 3.8) is 0 Å². The zero-order chi connectivity index (χ0) is 20.2. The van der Waals surface area contributed by atoms with E-state index in [0.29, 0.717) is 18.0 Å². The normalized spacial score (nSPS) is 12.0. The van der Waals surface area contributed by atoms with Crippen LogP contribution in [0.1, 0.15) is 36.7 Å². The summed E-state index contributed by atoms with van der Waals surface area (Å²) < 4.78 is 27.6. The van der Waals surface area contributed by atoms with Gasteiger partial charge in [0.05, 0.1) is 5.02 Å². The Balaban J connectivity index is 2.11. The minimum atomic E-state index is -3.85. The summed E-state index contributed by atoms with van der Waals surface area (Å²) in [6, 6.07) is 11.6. The van der Waals surface area contributed by atoms with Gasteiger partial charge in [-0.1, -0.05) is 35.3 Å². The molecule has 0 atom stereocenters. The van der Waals surface area contributed by atoms with Gasteiger partial charge < -0.3 is 5.32 Å². The molecule has 0 radical (unpaired) electrons. The molecule has 2 aromatic rings. The zero-order valence-corrected chi connectivity index (χ0v) is 17.7. The molecular formula is C19H22Cl2N2O3S. The van der Waals surface area contributed by atoms with Gasteiger partial charge in [-0.25, -0.2) is 13.1 Å². The molecule has 27 heavy (non-hydrogen) atoms. The molecule has 0 saturated carbocycles. The summed E-state index contributed by atoms with van der Waals surface area (Å²) in [5, 5.41) is 3.47.